The van der Waals surface area contributed by atoms with E-state index in [0.29, 0.717) is 11.6 Å². The van der Waals surface area contributed by atoms with Gasteiger partial charge >= 0.3 is 0 Å². The molecule has 0 saturated carbocycles. The van der Waals surface area contributed by atoms with Crippen LogP contribution in [0.3, 0.4) is 0 Å². The smallest absolute Gasteiger partial charge is 0.137 e. The topological polar surface area (TPSA) is 18.5 Å². The van der Waals surface area contributed by atoms with Crippen LogP contribution in [0.5, 0.6) is 5.75 Å². The van der Waals surface area contributed by atoms with Crippen LogP contribution in [0, 0.1) is 0 Å². The summed E-state index contributed by atoms with van der Waals surface area (Å²) in [5.41, 5.74) is 1.06. The maximum Gasteiger partial charge on any atom is 0.137 e. The van der Waals surface area contributed by atoms with Gasteiger partial charge in [-0.3, -0.25) is 0 Å². The Labute approximate surface area is 89.8 Å². The van der Waals surface area contributed by atoms with E-state index in [1.54, 1.807) is 7.11 Å². The van der Waals surface area contributed by atoms with E-state index in [1.807, 2.05) is 32.0 Å². The molecule has 0 heterocycles. The highest BCUT2D eigenvalue weighted by molar-refractivity contribution is 6.32. The Bertz CT molecular complexity index is 299. The number of methoxy groups -OCH3 is 1. The van der Waals surface area contributed by atoms with Crippen LogP contribution in [0.25, 0.3) is 0 Å². The minimum absolute atomic E-state index is 0.0585. The molecular weight excluding hydrogens is 200 g/mol. The number of halogens is 1. The summed E-state index contributed by atoms with van der Waals surface area (Å²) >= 11 is 6.03. The Hall–Kier alpha value is -0.730. The van der Waals surface area contributed by atoms with E-state index in [2.05, 4.69) is 0 Å². The molecule has 2 nitrogen and oxygen atoms in total. The van der Waals surface area contributed by atoms with Gasteiger partial charge in [-0.1, -0.05) is 17.7 Å². The van der Waals surface area contributed by atoms with Crippen LogP contribution >= 0.6 is 11.6 Å². The highest BCUT2D eigenvalue weighted by atomic mass is 35.5. The summed E-state index contributed by atoms with van der Waals surface area (Å²) in [6.45, 7) is 4.53. The van der Waals surface area contributed by atoms with E-state index in [1.165, 1.54) is 0 Å². The van der Waals surface area contributed by atoms with E-state index in [-0.39, 0.29) is 6.10 Å². The first-order chi connectivity index (χ1) is 6.69. The minimum atomic E-state index is 0.0585. The van der Waals surface area contributed by atoms with Gasteiger partial charge in [0.05, 0.1) is 17.7 Å². The predicted octanol–water partition coefficient (Wildman–Crippen LogP) is 3.45. The number of benzene rings is 1. The standard InChI is InChI=1S/C11H15ClO2/c1-4-14-11-6-5-9(7-10(11)12)8(2)13-3/h5-8H,4H2,1-3H3. The lowest BCUT2D eigenvalue weighted by atomic mass is 10.1. The first-order valence-electron chi connectivity index (χ1n) is 4.64. The predicted molar refractivity (Wildman–Crippen MR) is 58.0 cm³/mol. The Morgan fingerprint density at radius 1 is 1.43 bits per heavy atom. The average molecular weight is 215 g/mol. The lowest BCUT2D eigenvalue weighted by molar-refractivity contribution is 0.119. The summed E-state index contributed by atoms with van der Waals surface area (Å²) in [6, 6.07) is 5.71. The maximum atomic E-state index is 6.03. The lowest BCUT2D eigenvalue weighted by Gasteiger charge is -2.12. The van der Waals surface area contributed by atoms with Gasteiger partial charge in [-0.25, -0.2) is 0 Å². The Morgan fingerprint density at radius 3 is 2.64 bits per heavy atom. The minimum Gasteiger partial charge on any atom is -0.492 e. The van der Waals surface area contributed by atoms with Gasteiger partial charge in [-0.15, -0.1) is 0 Å². The molecule has 0 N–H and O–H groups in total. The third kappa shape index (κ3) is 2.63. The van der Waals surface area contributed by atoms with Crippen LogP contribution < -0.4 is 4.74 Å². The number of rotatable bonds is 4. The van der Waals surface area contributed by atoms with Crippen molar-refractivity contribution in [3.63, 3.8) is 0 Å². The number of ether oxygens (including phenoxy) is 2. The van der Waals surface area contributed by atoms with E-state index in [4.69, 9.17) is 21.1 Å². The normalized spacial score (nSPS) is 12.6. The molecule has 0 aliphatic rings. The van der Waals surface area contributed by atoms with Crippen LogP contribution in [0.4, 0.5) is 0 Å². The molecule has 1 aromatic carbocycles. The summed E-state index contributed by atoms with van der Waals surface area (Å²) in [5.74, 6) is 0.723. The fraction of sp³-hybridized carbons (Fsp3) is 0.455. The molecule has 1 rings (SSSR count). The second kappa shape index (κ2) is 5.23. The van der Waals surface area contributed by atoms with Crippen molar-refractivity contribution in [1.29, 1.82) is 0 Å². The Kier molecular flexibility index (Phi) is 4.23. The molecule has 0 spiro atoms. The van der Waals surface area contributed by atoms with Gasteiger partial charge in [-0.2, -0.15) is 0 Å². The van der Waals surface area contributed by atoms with Gasteiger partial charge in [0.15, 0.2) is 0 Å². The molecule has 0 aromatic heterocycles. The molecule has 0 radical (unpaired) electrons. The zero-order valence-electron chi connectivity index (χ0n) is 8.71. The Morgan fingerprint density at radius 2 is 2.14 bits per heavy atom. The summed E-state index contributed by atoms with van der Waals surface area (Å²) in [6.07, 6.45) is 0.0585. The average Bonchev–Trinajstić information content (AvgIpc) is 2.20. The van der Waals surface area contributed by atoms with Gasteiger partial charge in [0, 0.05) is 7.11 Å². The van der Waals surface area contributed by atoms with Crippen LogP contribution in [0.15, 0.2) is 18.2 Å². The molecule has 3 heteroatoms. The zero-order chi connectivity index (χ0) is 10.6. The summed E-state index contributed by atoms with van der Waals surface area (Å²) in [5, 5.41) is 0.633. The van der Waals surface area contributed by atoms with Crippen LogP contribution in [0.2, 0.25) is 5.02 Å². The quantitative estimate of drug-likeness (QED) is 0.765. The van der Waals surface area contributed by atoms with Crippen molar-refractivity contribution in [3.05, 3.63) is 28.8 Å². The van der Waals surface area contributed by atoms with Crippen molar-refractivity contribution in [3.8, 4) is 5.75 Å². The molecule has 14 heavy (non-hydrogen) atoms. The molecule has 0 bridgehead atoms. The lowest BCUT2D eigenvalue weighted by Crippen LogP contribution is -1.97. The van der Waals surface area contributed by atoms with Crippen LogP contribution in [-0.4, -0.2) is 13.7 Å². The Balaban J connectivity index is 2.88. The molecule has 1 atom stereocenters. The molecule has 1 unspecified atom stereocenters. The van der Waals surface area contributed by atoms with E-state index < -0.39 is 0 Å². The summed E-state index contributed by atoms with van der Waals surface area (Å²) < 4.78 is 10.5. The first-order valence-corrected chi connectivity index (χ1v) is 5.01. The van der Waals surface area contributed by atoms with Gasteiger partial charge in [0.1, 0.15) is 5.75 Å². The maximum absolute atomic E-state index is 6.03. The summed E-state index contributed by atoms with van der Waals surface area (Å²) in [4.78, 5) is 0. The molecule has 78 valence electrons. The zero-order valence-corrected chi connectivity index (χ0v) is 9.47. The molecule has 0 fully saturated rings. The second-order valence-corrected chi connectivity index (χ2v) is 3.41. The molecular formula is C11H15ClO2. The first kappa shape index (κ1) is 11.3. The third-order valence-electron chi connectivity index (χ3n) is 2.08. The fourth-order valence-electron chi connectivity index (χ4n) is 1.18. The van der Waals surface area contributed by atoms with Crippen molar-refractivity contribution in [2.24, 2.45) is 0 Å². The fourth-order valence-corrected chi connectivity index (χ4v) is 1.42. The SMILES string of the molecule is CCOc1ccc(C(C)OC)cc1Cl. The van der Waals surface area contributed by atoms with Crippen molar-refractivity contribution in [2.45, 2.75) is 20.0 Å². The highest BCUT2D eigenvalue weighted by Crippen LogP contribution is 2.28. The van der Waals surface area contributed by atoms with Gasteiger partial charge < -0.3 is 9.47 Å². The van der Waals surface area contributed by atoms with Crippen molar-refractivity contribution < 1.29 is 9.47 Å². The largest absolute Gasteiger partial charge is 0.492 e. The van der Waals surface area contributed by atoms with Gasteiger partial charge in [0.2, 0.25) is 0 Å². The van der Waals surface area contributed by atoms with E-state index in [9.17, 15) is 0 Å². The van der Waals surface area contributed by atoms with E-state index >= 15 is 0 Å². The molecule has 0 amide bonds. The number of hydrogen-bond acceptors (Lipinski definition) is 2. The summed E-state index contributed by atoms with van der Waals surface area (Å²) in [7, 11) is 1.68. The van der Waals surface area contributed by atoms with Crippen molar-refractivity contribution in [1.82, 2.24) is 0 Å². The van der Waals surface area contributed by atoms with Gasteiger partial charge in [-0.05, 0) is 31.5 Å². The number of hydrogen-bond donors (Lipinski definition) is 0. The van der Waals surface area contributed by atoms with Gasteiger partial charge in [0.25, 0.3) is 0 Å². The van der Waals surface area contributed by atoms with Crippen LogP contribution in [0.1, 0.15) is 25.5 Å². The molecule has 0 saturated heterocycles. The third-order valence-corrected chi connectivity index (χ3v) is 2.37. The molecule has 0 aliphatic heterocycles. The second-order valence-electron chi connectivity index (χ2n) is 3.00. The molecule has 1 aromatic rings. The van der Waals surface area contributed by atoms with E-state index in [0.717, 1.165) is 11.3 Å². The highest BCUT2D eigenvalue weighted by Gasteiger charge is 2.07. The van der Waals surface area contributed by atoms with Crippen molar-refractivity contribution in [2.75, 3.05) is 13.7 Å². The molecule has 0 aliphatic carbocycles. The monoisotopic (exact) mass is 214 g/mol. The van der Waals surface area contributed by atoms with Crippen molar-refractivity contribution >= 4 is 11.6 Å². The van der Waals surface area contributed by atoms with Crippen LogP contribution in [-0.2, 0) is 4.74 Å².